The monoisotopic (exact) mass is 571 g/mol. The van der Waals surface area contributed by atoms with Crippen molar-refractivity contribution in [1.29, 1.82) is 0 Å². The Morgan fingerprint density at radius 1 is 0.921 bits per heavy atom. The standard InChI is InChI=1S/C28H26ClNO6S2/c1-33-20-8-4-18(5-9-20)26-27(19-6-10-21(34-2)11-7-19)38-28(30-26)37-15-3-14-35-24-13-12-22(16-23(24)29)36-17-25(31)32/h4-13,16H,3,14-15,17H2,1-2H3,(H,31,32). The number of methoxy groups -OCH3 is 2. The number of nitrogens with zero attached hydrogens (tertiary/aromatic N) is 1. The Morgan fingerprint density at radius 3 is 2.16 bits per heavy atom. The van der Waals surface area contributed by atoms with Crippen molar-refractivity contribution in [2.75, 3.05) is 33.2 Å². The normalized spacial score (nSPS) is 10.7. The molecule has 10 heteroatoms. The number of hydrogen-bond donors (Lipinski definition) is 1. The maximum absolute atomic E-state index is 10.6. The molecule has 0 unspecified atom stereocenters. The van der Waals surface area contributed by atoms with Gasteiger partial charge in [-0.1, -0.05) is 23.4 Å². The minimum atomic E-state index is -1.05. The number of rotatable bonds is 13. The van der Waals surface area contributed by atoms with E-state index < -0.39 is 12.6 Å². The van der Waals surface area contributed by atoms with E-state index in [2.05, 4.69) is 0 Å². The molecule has 1 heterocycles. The molecule has 0 aliphatic heterocycles. The van der Waals surface area contributed by atoms with Crippen molar-refractivity contribution in [3.63, 3.8) is 0 Å². The number of aromatic nitrogens is 1. The molecule has 198 valence electrons. The molecule has 0 fully saturated rings. The highest BCUT2D eigenvalue weighted by Gasteiger charge is 2.16. The van der Waals surface area contributed by atoms with Gasteiger partial charge in [-0.05, 0) is 72.6 Å². The fraction of sp³-hybridized carbons (Fsp3) is 0.214. The first-order valence-electron chi connectivity index (χ1n) is 11.7. The predicted molar refractivity (Wildman–Crippen MR) is 152 cm³/mol. The third-order valence-corrected chi connectivity index (χ3v) is 7.99. The van der Waals surface area contributed by atoms with E-state index in [4.69, 9.17) is 40.6 Å². The van der Waals surface area contributed by atoms with Crippen LogP contribution in [-0.4, -0.2) is 49.2 Å². The van der Waals surface area contributed by atoms with Gasteiger partial charge < -0.3 is 24.1 Å². The summed E-state index contributed by atoms with van der Waals surface area (Å²) in [5.41, 5.74) is 3.03. The molecule has 1 N–H and O–H groups in total. The lowest BCUT2D eigenvalue weighted by atomic mass is 10.1. The highest BCUT2D eigenvalue weighted by molar-refractivity contribution is 8.01. The summed E-state index contributed by atoms with van der Waals surface area (Å²) in [6, 6.07) is 20.8. The number of carbonyl (C=O) groups is 1. The van der Waals surface area contributed by atoms with Gasteiger partial charge in [0.25, 0.3) is 0 Å². The van der Waals surface area contributed by atoms with E-state index in [1.54, 1.807) is 55.5 Å². The van der Waals surface area contributed by atoms with Crippen molar-refractivity contribution in [2.24, 2.45) is 0 Å². The minimum absolute atomic E-state index is 0.369. The van der Waals surface area contributed by atoms with Gasteiger partial charge >= 0.3 is 5.97 Å². The molecule has 1 aromatic heterocycles. The lowest BCUT2D eigenvalue weighted by Gasteiger charge is -2.09. The quantitative estimate of drug-likeness (QED) is 0.133. The lowest BCUT2D eigenvalue weighted by molar-refractivity contribution is -0.139. The zero-order chi connectivity index (χ0) is 26.9. The summed E-state index contributed by atoms with van der Waals surface area (Å²) in [5.74, 6) is 2.27. The molecular formula is C28H26ClNO6S2. The van der Waals surface area contributed by atoms with Crippen molar-refractivity contribution in [2.45, 2.75) is 10.8 Å². The maximum Gasteiger partial charge on any atom is 0.341 e. The smallest absolute Gasteiger partial charge is 0.341 e. The predicted octanol–water partition coefficient (Wildman–Crippen LogP) is 7.17. The van der Waals surface area contributed by atoms with Gasteiger partial charge in [0.2, 0.25) is 0 Å². The van der Waals surface area contributed by atoms with Crippen molar-refractivity contribution in [1.82, 2.24) is 4.98 Å². The van der Waals surface area contributed by atoms with Crippen LogP contribution in [-0.2, 0) is 4.79 Å². The number of halogens is 1. The van der Waals surface area contributed by atoms with Crippen LogP contribution in [0.4, 0.5) is 0 Å². The molecule has 0 saturated heterocycles. The summed E-state index contributed by atoms with van der Waals surface area (Å²) in [6.07, 6.45) is 0.785. The van der Waals surface area contributed by atoms with E-state index in [0.717, 1.165) is 49.7 Å². The number of ether oxygens (including phenoxy) is 4. The van der Waals surface area contributed by atoms with E-state index in [0.29, 0.717) is 23.1 Å². The van der Waals surface area contributed by atoms with Crippen LogP contribution in [0.15, 0.2) is 71.1 Å². The molecule has 0 aliphatic rings. The second-order valence-electron chi connectivity index (χ2n) is 7.94. The molecule has 38 heavy (non-hydrogen) atoms. The van der Waals surface area contributed by atoms with Crippen LogP contribution in [0.5, 0.6) is 23.0 Å². The SMILES string of the molecule is COc1ccc(-c2nc(SCCCOc3ccc(OCC(=O)O)cc3Cl)sc2-c2ccc(OC)cc2)cc1. The van der Waals surface area contributed by atoms with Crippen LogP contribution in [0.25, 0.3) is 21.7 Å². The van der Waals surface area contributed by atoms with Crippen LogP contribution in [0.3, 0.4) is 0 Å². The largest absolute Gasteiger partial charge is 0.497 e. The minimum Gasteiger partial charge on any atom is -0.497 e. The van der Waals surface area contributed by atoms with Crippen LogP contribution >= 0.6 is 34.7 Å². The zero-order valence-electron chi connectivity index (χ0n) is 20.8. The summed E-state index contributed by atoms with van der Waals surface area (Å²) in [6.45, 7) is 0.0506. The molecule has 0 spiro atoms. The third-order valence-electron chi connectivity index (χ3n) is 5.36. The molecule has 4 aromatic rings. The number of hydrogen-bond acceptors (Lipinski definition) is 8. The van der Waals surface area contributed by atoms with Gasteiger partial charge in [-0.3, -0.25) is 0 Å². The Labute approximate surface area is 234 Å². The fourth-order valence-electron chi connectivity index (χ4n) is 3.48. The Kier molecular flexibility index (Phi) is 9.75. The topological polar surface area (TPSA) is 87.1 Å². The summed E-state index contributed by atoms with van der Waals surface area (Å²) in [7, 11) is 3.31. The molecule has 0 amide bonds. The molecule has 0 atom stereocenters. The van der Waals surface area contributed by atoms with Gasteiger partial charge in [-0.2, -0.15) is 0 Å². The first kappa shape index (κ1) is 27.6. The van der Waals surface area contributed by atoms with Crippen LogP contribution in [0, 0.1) is 0 Å². The summed E-state index contributed by atoms with van der Waals surface area (Å²) in [5, 5.41) is 9.09. The number of aliphatic carboxylic acids is 1. The van der Waals surface area contributed by atoms with E-state index in [1.807, 2.05) is 48.5 Å². The molecular weight excluding hydrogens is 546 g/mol. The molecule has 0 saturated carbocycles. The Hall–Kier alpha value is -3.40. The number of benzene rings is 3. The van der Waals surface area contributed by atoms with Crippen molar-refractivity contribution in [3.8, 4) is 44.7 Å². The number of carboxylic acids is 1. The van der Waals surface area contributed by atoms with Crippen molar-refractivity contribution >= 4 is 40.7 Å². The lowest BCUT2D eigenvalue weighted by Crippen LogP contribution is -2.09. The zero-order valence-corrected chi connectivity index (χ0v) is 23.2. The maximum atomic E-state index is 10.6. The van der Waals surface area contributed by atoms with Gasteiger partial charge in [0.05, 0.1) is 36.4 Å². The van der Waals surface area contributed by atoms with Crippen LogP contribution in [0.1, 0.15) is 6.42 Å². The summed E-state index contributed by atoms with van der Waals surface area (Å²) >= 11 is 9.59. The first-order valence-corrected chi connectivity index (χ1v) is 13.8. The molecule has 3 aromatic carbocycles. The molecule has 0 bridgehead atoms. The van der Waals surface area contributed by atoms with Gasteiger partial charge in [0, 0.05) is 17.4 Å². The second kappa shape index (κ2) is 13.4. The number of carboxylic acid groups (broad SMARTS) is 1. The van der Waals surface area contributed by atoms with Crippen molar-refractivity contribution < 1.29 is 28.8 Å². The van der Waals surface area contributed by atoms with E-state index >= 15 is 0 Å². The van der Waals surface area contributed by atoms with Gasteiger partial charge in [-0.25, -0.2) is 9.78 Å². The average Bonchev–Trinajstić information content (AvgIpc) is 3.37. The van der Waals surface area contributed by atoms with E-state index in [9.17, 15) is 4.79 Å². The Morgan fingerprint density at radius 2 is 1.55 bits per heavy atom. The van der Waals surface area contributed by atoms with E-state index in [1.165, 1.54) is 0 Å². The second-order valence-corrected chi connectivity index (χ2v) is 10.7. The first-order chi connectivity index (χ1) is 18.5. The van der Waals surface area contributed by atoms with Crippen LogP contribution < -0.4 is 18.9 Å². The molecule has 0 radical (unpaired) electrons. The number of thiazole rings is 1. The Balaban J connectivity index is 1.39. The van der Waals surface area contributed by atoms with Crippen molar-refractivity contribution in [3.05, 3.63) is 71.8 Å². The summed E-state index contributed by atoms with van der Waals surface area (Å²) < 4.78 is 22.5. The molecule has 7 nitrogen and oxygen atoms in total. The highest BCUT2D eigenvalue weighted by Crippen LogP contribution is 2.41. The fourth-order valence-corrected chi connectivity index (χ4v) is 5.86. The number of thioether (sulfide) groups is 1. The third kappa shape index (κ3) is 7.34. The van der Waals surface area contributed by atoms with Gasteiger partial charge in [0.15, 0.2) is 10.9 Å². The Bertz CT molecular complexity index is 1290. The molecule has 0 aliphatic carbocycles. The van der Waals surface area contributed by atoms with Crippen LogP contribution in [0.2, 0.25) is 5.02 Å². The average molecular weight is 572 g/mol. The molecule has 4 rings (SSSR count). The highest BCUT2D eigenvalue weighted by atomic mass is 35.5. The van der Waals surface area contributed by atoms with Gasteiger partial charge in [-0.15, -0.1) is 11.3 Å². The summed E-state index contributed by atoms with van der Waals surface area (Å²) in [4.78, 5) is 16.7. The van der Waals surface area contributed by atoms with E-state index in [-0.39, 0.29) is 0 Å². The van der Waals surface area contributed by atoms with Gasteiger partial charge in [0.1, 0.15) is 23.0 Å².